The highest BCUT2D eigenvalue weighted by Gasteiger charge is 2.31. The summed E-state index contributed by atoms with van der Waals surface area (Å²) < 4.78 is 13.3. The minimum absolute atomic E-state index is 0.200. The fraction of sp³-hybridized carbons (Fsp3) is 0.591. The number of aliphatic hydroxyl groups excluding tert-OH is 2. The number of hydrogen-bond donors (Lipinski definition) is 2. The number of piperidine rings is 1. The normalized spacial score (nSPS) is 19.4. The molecular weight excluding hydrogens is 405 g/mol. The average Bonchev–Trinajstić information content (AvgIpc) is 3.31. The first-order chi connectivity index (χ1) is 14.4. The van der Waals surface area contributed by atoms with Gasteiger partial charge in [-0.25, -0.2) is 4.39 Å². The van der Waals surface area contributed by atoms with Gasteiger partial charge in [0.05, 0.1) is 11.3 Å². The number of carbonyl (C=O) groups excluding carboxylic acids is 1. The Morgan fingerprint density at radius 2 is 1.87 bits per heavy atom. The molecule has 1 aromatic rings. The smallest absolute Gasteiger partial charge is 0.164 e. The number of anilines is 1. The van der Waals surface area contributed by atoms with Crippen LogP contribution in [0.2, 0.25) is 0 Å². The molecule has 2 aliphatic heterocycles. The molecule has 0 spiro atoms. The SMILES string of the molecule is N#Cc1cc(F)ccc1N1CCC(CCC(=O)[C@H](O)[C@@H](O)C(=S)N2CCCC2)CC1. The van der Waals surface area contributed by atoms with Crippen LogP contribution in [-0.2, 0) is 4.79 Å². The molecule has 162 valence electrons. The Balaban J connectivity index is 1.45. The number of halogens is 1. The largest absolute Gasteiger partial charge is 0.383 e. The van der Waals surface area contributed by atoms with Crippen molar-refractivity contribution in [2.75, 3.05) is 31.1 Å². The van der Waals surface area contributed by atoms with Gasteiger partial charge >= 0.3 is 0 Å². The van der Waals surface area contributed by atoms with Crippen molar-refractivity contribution in [2.45, 2.75) is 50.7 Å². The summed E-state index contributed by atoms with van der Waals surface area (Å²) in [6.45, 7) is 2.97. The fourth-order valence-corrected chi connectivity index (χ4v) is 4.58. The van der Waals surface area contributed by atoms with Crippen molar-refractivity contribution in [3.8, 4) is 6.07 Å². The Morgan fingerprint density at radius 1 is 1.20 bits per heavy atom. The number of Topliss-reactive ketones (excluding diaryl/α,β-unsaturated/α-hetero) is 1. The number of benzene rings is 1. The third-order valence-corrected chi connectivity index (χ3v) is 6.63. The van der Waals surface area contributed by atoms with Crippen LogP contribution in [0.3, 0.4) is 0 Å². The monoisotopic (exact) mass is 433 g/mol. The number of hydrogen-bond acceptors (Lipinski definition) is 6. The lowest BCUT2D eigenvalue weighted by Gasteiger charge is -2.34. The van der Waals surface area contributed by atoms with Crippen LogP contribution in [0, 0.1) is 23.1 Å². The molecule has 30 heavy (non-hydrogen) atoms. The maximum absolute atomic E-state index is 13.3. The standard InChI is InChI=1S/C22H28FN3O3S/c23-17-4-5-18(16(13-17)14-24)25-11-7-15(8-12-25)3-6-19(27)20(28)21(29)22(30)26-9-1-2-10-26/h4-5,13,15,20-21,28-29H,1-3,6-12H2/t20-,21+/m0/s1. The van der Waals surface area contributed by atoms with Gasteiger partial charge in [-0.05, 0) is 56.2 Å². The average molecular weight is 434 g/mol. The summed E-state index contributed by atoms with van der Waals surface area (Å²) in [5, 5.41) is 29.7. The number of thiocarbonyl (C=S) groups is 1. The number of ketones is 1. The van der Waals surface area contributed by atoms with E-state index in [1.54, 1.807) is 6.07 Å². The summed E-state index contributed by atoms with van der Waals surface area (Å²) in [4.78, 5) is 16.6. The van der Waals surface area contributed by atoms with E-state index in [9.17, 15) is 24.7 Å². The van der Waals surface area contributed by atoms with Crippen LogP contribution in [0.1, 0.15) is 44.1 Å². The predicted octanol–water partition coefficient (Wildman–Crippen LogP) is 2.41. The van der Waals surface area contributed by atoms with Crippen LogP contribution in [0.4, 0.5) is 10.1 Å². The number of carbonyl (C=O) groups is 1. The van der Waals surface area contributed by atoms with Crippen LogP contribution >= 0.6 is 12.2 Å². The zero-order valence-corrected chi connectivity index (χ0v) is 17.8. The molecular formula is C22H28FN3O3S. The topological polar surface area (TPSA) is 87.8 Å². The van der Waals surface area contributed by atoms with Crippen LogP contribution < -0.4 is 4.90 Å². The van der Waals surface area contributed by atoms with Gasteiger partial charge in [-0.3, -0.25) is 4.79 Å². The molecule has 0 unspecified atom stereocenters. The van der Waals surface area contributed by atoms with E-state index in [0.717, 1.165) is 57.5 Å². The molecule has 2 aliphatic rings. The molecule has 0 aromatic heterocycles. The maximum atomic E-state index is 13.3. The Morgan fingerprint density at radius 3 is 2.50 bits per heavy atom. The lowest BCUT2D eigenvalue weighted by molar-refractivity contribution is -0.131. The highest BCUT2D eigenvalue weighted by Crippen LogP contribution is 2.29. The highest BCUT2D eigenvalue weighted by atomic mass is 32.1. The zero-order chi connectivity index (χ0) is 21.7. The second-order valence-electron chi connectivity index (χ2n) is 8.13. The molecule has 2 heterocycles. The molecule has 0 saturated carbocycles. The number of nitriles is 1. The summed E-state index contributed by atoms with van der Waals surface area (Å²) in [7, 11) is 0. The molecule has 6 nitrogen and oxygen atoms in total. The van der Waals surface area contributed by atoms with E-state index in [4.69, 9.17) is 12.2 Å². The first-order valence-electron chi connectivity index (χ1n) is 10.5. The van der Waals surface area contributed by atoms with Crippen molar-refractivity contribution in [3.63, 3.8) is 0 Å². The Kier molecular flexibility index (Phi) is 7.75. The predicted molar refractivity (Wildman–Crippen MR) is 116 cm³/mol. The summed E-state index contributed by atoms with van der Waals surface area (Å²) in [6.07, 6.45) is 1.74. The van der Waals surface area contributed by atoms with Gasteiger partial charge in [0.1, 0.15) is 29.1 Å². The van der Waals surface area contributed by atoms with Gasteiger partial charge in [0.25, 0.3) is 0 Å². The summed E-state index contributed by atoms with van der Waals surface area (Å²) in [6, 6.07) is 6.29. The van der Waals surface area contributed by atoms with Crippen LogP contribution in [0.25, 0.3) is 0 Å². The first-order valence-corrected chi connectivity index (χ1v) is 10.9. The zero-order valence-electron chi connectivity index (χ0n) is 17.0. The van der Waals surface area contributed by atoms with E-state index in [1.165, 1.54) is 12.1 Å². The minimum atomic E-state index is -1.48. The van der Waals surface area contributed by atoms with Crippen molar-refractivity contribution in [1.82, 2.24) is 4.90 Å². The van der Waals surface area contributed by atoms with Gasteiger partial charge in [-0.2, -0.15) is 5.26 Å². The minimum Gasteiger partial charge on any atom is -0.383 e. The third kappa shape index (κ3) is 5.34. The van der Waals surface area contributed by atoms with Crippen molar-refractivity contribution < 1.29 is 19.4 Å². The highest BCUT2D eigenvalue weighted by molar-refractivity contribution is 7.80. The van der Waals surface area contributed by atoms with Crippen LogP contribution in [0.15, 0.2) is 18.2 Å². The van der Waals surface area contributed by atoms with Gasteiger partial charge in [-0.15, -0.1) is 0 Å². The first kappa shape index (κ1) is 22.6. The Labute approximate surface area is 181 Å². The van der Waals surface area contributed by atoms with E-state index in [2.05, 4.69) is 4.90 Å². The van der Waals surface area contributed by atoms with Gasteiger partial charge in [0.2, 0.25) is 0 Å². The molecule has 0 bridgehead atoms. The number of aliphatic hydroxyl groups is 2. The van der Waals surface area contributed by atoms with Crippen LogP contribution in [0.5, 0.6) is 0 Å². The molecule has 0 radical (unpaired) electrons. The van der Waals surface area contributed by atoms with Crippen molar-refractivity contribution >= 4 is 28.7 Å². The van der Waals surface area contributed by atoms with Gasteiger partial charge in [-0.1, -0.05) is 12.2 Å². The van der Waals surface area contributed by atoms with Crippen LogP contribution in [-0.4, -0.2) is 64.3 Å². The Hall–Kier alpha value is -2.08. The number of likely N-dealkylation sites (tertiary alicyclic amines) is 1. The summed E-state index contributed by atoms with van der Waals surface area (Å²) in [5.41, 5.74) is 1.07. The number of rotatable bonds is 7. The lowest BCUT2D eigenvalue weighted by atomic mass is 9.89. The molecule has 2 N–H and O–H groups in total. The van der Waals surface area contributed by atoms with Gasteiger partial charge < -0.3 is 20.0 Å². The van der Waals surface area contributed by atoms with Crippen molar-refractivity contribution in [1.29, 1.82) is 5.26 Å². The Bertz CT molecular complexity index is 814. The molecule has 2 atom stereocenters. The second-order valence-corrected chi connectivity index (χ2v) is 8.55. The molecule has 2 fully saturated rings. The van der Waals surface area contributed by atoms with Crippen molar-refractivity contribution in [3.05, 3.63) is 29.6 Å². The van der Waals surface area contributed by atoms with Gasteiger partial charge in [0, 0.05) is 32.6 Å². The van der Waals surface area contributed by atoms with E-state index in [0.29, 0.717) is 17.9 Å². The second kappa shape index (κ2) is 10.3. The van der Waals surface area contributed by atoms with Gasteiger partial charge in [0.15, 0.2) is 5.78 Å². The number of nitrogens with zero attached hydrogens (tertiary/aromatic N) is 3. The molecule has 8 heteroatoms. The molecule has 2 saturated heterocycles. The molecule has 0 aliphatic carbocycles. The van der Waals surface area contributed by atoms with Crippen molar-refractivity contribution in [2.24, 2.45) is 5.92 Å². The maximum Gasteiger partial charge on any atom is 0.164 e. The summed E-state index contributed by atoms with van der Waals surface area (Å²) >= 11 is 5.24. The fourth-order valence-electron chi connectivity index (χ4n) is 4.27. The molecule has 0 amide bonds. The molecule has 1 aromatic carbocycles. The lowest BCUT2D eigenvalue weighted by Crippen LogP contribution is -2.45. The van der Waals surface area contributed by atoms with E-state index in [1.807, 2.05) is 11.0 Å². The summed E-state index contributed by atoms with van der Waals surface area (Å²) in [5.74, 6) is -0.475. The van der Waals surface area contributed by atoms with E-state index < -0.39 is 18.0 Å². The van der Waals surface area contributed by atoms with E-state index >= 15 is 0 Å². The quantitative estimate of drug-likeness (QED) is 0.639. The van der Waals surface area contributed by atoms with E-state index in [-0.39, 0.29) is 17.2 Å². The third-order valence-electron chi connectivity index (χ3n) is 6.13. The molecule has 3 rings (SSSR count).